The predicted octanol–water partition coefficient (Wildman–Crippen LogP) is 3.19. The lowest BCUT2D eigenvalue weighted by molar-refractivity contribution is 0.0985. The largest absolute Gasteiger partial charge is 0.494 e. The molecule has 3 aromatic rings. The molecule has 0 saturated carbocycles. The molecule has 10 nitrogen and oxygen atoms in total. The summed E-state index contributed by atoms with van der Waals surface area (Å²) >= 11 is 1.42. The van der Waals surface area contributed by atoms with Crippen molar-refractivity contribution in [1.29, 1.82) is 0 Å². The molecule has 0 aliphatic rings. The molecule has 0 aliphatic carbocycles. The third-order valence-corrected chi connectivity index (χ3v) is 8.69. The highest BCUT2D eigenvalue weighted by Crippen LogP contribution is 2.32. The number of fused-ring (bicyclic) bond motifs is 1. The van der Waals surface area contributed by atoms with E-state index >= 15 is 0 Å². The zero-order chi connectivity index (χ0) is 27.7. The van der Waals surface area contributed by atoms with Crippen LogP contribution in [0.2, 0.25) is 0 Å². The molecule has 3 rings (SSSR count). The molecular formula is C26H36N4O6S2. The molecule has 0 bridgehead atoms. The van der Waals surface area contributed by atoms with E-state index in [-0.39, 0.29) is 37.1 Å². The molecule has 1 aromatic heterocycles. The van der Waals surface area contributed by atoms with Crippen molar-refractivity contribution in [2.24, 2.45) is 0 Å². The second kappa shape index (κ2) is 14.0. The molecule has 1 amide bonds. The lowest BCUT2D eigenvalue weighted by Crippen LogP contribution is -2.37. The molecule has 0 unspecified atom stereocenters. The van der Waals surface area contributed by atoms with Crippen molar-refractivity contribution in [3.05, 3.63) is 48.0 Å². The van der Waals surface area contributed by atoms with Gasteiger partial charge in [-0.05, 0) is 63.5 Å². The van der Waals surface area contributed by atoms with Crippen LogP contribution in [0.1, 0.15) is 17.3 Å². The van der Waals surface area contributed by atoms with Gasteiger partial charge in [0.2, 0.25) is 10.0 Å². The smallest absolute Gasteiger partial charge is 0.260 e. The lowest BCUT2D eigenvalue weighted by atomic mass is 10.2. The van der Waals surface area contributed by atoms with Gasteiger partial charge >= 0.3 is 0 Å². The number of benzene rings is 2. The zero-order valence-electron chi connectivity index (χ0n) is 22.5. The summed E-state index contributed by atoms with van der Waals surface area (Å²) in [7, 11) is 3.13. The van der Waals surface area contributed by atoms with Crippen molar-refractivity contribution >= 4 is 42.6 Å². The second-order valence-corrected chi connectivity index (χ2v) is 11.7. The van der Waals surface area contributed by atoms with Gasteiger partial charge in [0.1, 0.15) is 5.75 Å². The number of hydrogen-bond donors (Lipinski definition) is 0. The number of ether oxygens (including phenoxy) is 3. The van der Waals surface area contributed by atoms with E-state index in [9.17, 15) is 13.2 Å². The van der Waals surface area contributed by atoms with Gasteiger partial charge in [-0.15, -0.1) is 0 Å². The topological polar surface area (TPSA) is 102 Å². The van der Waals surface area contributed by atoms with E-state index < -0.39 is 10.0 Å². The van der Waals surface area contributed by atoms with Gasteiger partial charge in [0, 0.05) is 46.0 Å². The Morgan fingerprint density at radius 2 is 1.61 bits per heavy atom. The quantitative estimate of drug-likeness (QED) is 0.277. The van der Waals surface area contributed by atoms with Crippen LogP contribution in [0.15, 0.2) is 47.4 Å². The molecule has 1 heterocycles. The molecule has 0 atom stereocenters. The number of aromatic nitrogens is 1. The van der Waals surface area contributed by atoms with Gasteiger partial charge in [-0.1, -0.05) is 11.3 Å². The fourth-order valence-corrected chi connectivity index (χ4v) is 6.09. The fourth-order valence-electron chi connectivity index (χ4n) is 3.66. The Kier molecular flexibility index (Phi) is 11.0. The zero-order valence-corrected chi connectivity index (χ0v) is 24.2. The summed E-state index contributed by atoms with van der Waals surface area (Å²) in [6, 6.07) is 11.7. The summed E-state index contributed by atoms with van der Waals surface area (Å²) in [4.78, 5) is 22.1. The number of thiazole rings is 1. The number of hydrogen-bond acceptors (Lipinski definition) is 9. The number of methoxy groups -OCH3 is 2. The van der Waals surface area contributed by atoms with Crippen LogP contribution in [0.4, 0.5) is 5.13 Å². The van der Waals surface area contributed by atoms with Crippen molar-refractivity contribution in [2.45, 2.75) is 11.8 Å². The van der Waals surface area contributed by atoms with Crippen molar-refractivity contribution < 1.29 is 27.4 Å². The molecule has 208 valence electrons. The van der Waals surface area contributed by atoms with Crippen LogP contribution in [0.3, 0.4) is 0 Å². The van der Waals surface area contributed by atoms with Crippen LogP contribution in [-0.4, -0.2) is 103 Å². The summed E-state index contributed by atoms with van der Waals surface area (Å²) in [5.74, 6) is 0.499. The normalized spacial score (nSPS) is 12.0. The van der Waals surface area contributed by atoms with Gasteiger partial charge < -0.3 is 19.1 Å². The molecular weight excluding hydrogens is 528 g/mol. The molecule has 0 saturated heterocycles. The number of nitrogens with zero attached hydrogens (tertiary/aromatic N) is 4. The first-order valence-electron chi connectivity index (χ1n) is 12.3. The van der Waals surface area contributed by atoms with Crippen molar-refractivity contribution in [1.82, 2.24) is 14.2 Å². The first-order valence-corrected chi connectivity index (χ1v) is 14.5. The molecule has 0 radical (unpaired) electrons. The number of anilines is 1. The Labute approximate surface area is 228 Å². The first kappa shape index (κ1) is 29.9. The average Bonchev–Trinajstić information content (AvgIpc) is 3.31. The third kappa shape index (κ3) is 7.49. The maximum absolute atomic E-state index is 13.6. The van der Waals surface area contributed by atoms with E-state index in [1.165, 1.54) is 42.0 Å². The van der Waals surface area contributed by atoms with Crippen LogP contribution in [-0.2, 0) is 19.5 Å². The minimum Gasteiger partial charge on any atom is -0.494 e. The number of likely N-dealkylation sites (N-methyl/N-ethyl adjacent to an activating group) is 1. The molecule has 0 fully saturated rings. The van der Waals surface area contributed by atoms with Crippen LogP contribution in [0.5, 0.6) is 5.75 Å². The summed E-state index contributed by atoms with van der Waals surface area (Å²) in [6.07, 6.45) is 0. The van der Waals surface area contributed by atoms with Crippen molar-refractivity contribution in [3.8, 4) is 5.75 Å². The molecule has 0 aliphatic heterocycles. The Morgan fingerprint density at radius 3 is 2.18 bits per heavy atom. The minimum absolute atomic E-state index is 0.101. The Bertz CT molecular complexity index is 1290. The SMILES string of the molecule is CCOc1ccc2nc(N(CCN(C)C)C(=O)c3ccc(S(=O)(=O)N(CCOC)CCOC)cc3)sc2c1. The van der Waals surface area contributed by atoms with Gasteiger partial charge in [-0.25, -0.2) is 13.4 Å². The molecule has 0 spiro atoms. The summed E-state index contributed by atoms with van der Waals surface area (Å²) < 4.78 is 44.4. The molecule has 2 aromatic carbocycles. The molecule has 12 heteroatoms. The highest BCUT2D eigenvalue weighted by molar-refractivity contribution is 7.89. The van der Waals surface area contributed by atoms with Crippen LogP contribution >= 0.6 is 11.3 Å². The van der Waals surface area contributed by atoms with E-state index in [1.54, 1.807) is 17.0 Å². The summed E-state index contributed by atoms with van der Waals surface area (Å²) in [6.45, 7) is 4.46. The molecule has 0 N–H and O–H groups in total. The van der Waals surface area contributed by atoms with Crippen LogP contribution in [0.25, 0.3) is 10.2 Å². The van der Waals surface area contributed by atoms with E-state index in [1.807, 2.05) is 44.1 Å². The third-order valence-electron chi connectivity index (χ3n) is 5.74. The first-order chi connectivity index (χ1) is 18.2. The fraction of sp³-hybridized carbons (Fsp3) is 0.462. The van der Waals surface area contributed by atoms with Crippen LogP contribution in [0, 0.1) is 0 Å². The minimum atomic E-state index is -3.79. The maximum Gasteiger partial charge on any atom is 0.260 e. The van der Waals surface area contributed by atoms with Crippen molar-refractivity contribution in [3.63, 3.8) is 0 Å². The lowest BCUT2D eigenvalue weighted by Gasteiger charge is -2.23. The van der Waals surface area contributed by atoms with E-state index in [0.717, 1.165) is 16.0 Å². The van der Waals surface area contributed by atoms with Gasteiger partial charge in [-0.2, -0.15) is 4.31 Å². The summed E-state index contributed by atoms with van der Waals surface area (Å²) in [5, 5.41) is 0.572. The number of amides is 1. The monoisotopic (exact) mass is 564 g/mol. The number of carbonyl (C=O) groups is 1. The Balaban J connectivity index is 1.89. The average molecular weight is 565 g/mol. The highest BCUT2D eigenvalue weighted by Gasteiger charge is 2.26. The standard InChI is InChI=1S/C26H36N4O6S2/c1-6-36-21-9-12-23-24(19-21)37-26(27-23)30(14-13-28(2)3)25(31)20-7-10-22(11-8-20)38(32,33)29(15-17-34-4)16-18-35-5/h7-12,19H,6,13-18H2,1-5H3. The number of sulfonamides is 1. The van der Waals surface area contributed by atoms with E-state index in [2.05, 4.69) is 0 Å². The summed E-state index contributed by atoms with van der Waals surface area (Å²) in [5.41, 5.74) is 1.15. The Hall–Kier alpha value is -2.61. The van der Waals surface area contributed by atoms with E-state index in [0.29, 0.717) is 30.4 Å². The van der Waals surface area contributed by atoms with Gasteiger partial charge in [0.05, 0.1) is 34.9 Å². The number of rotatable bonds is 15. The maximum atomic E-state index is 13.6. The molecule has 38 heavy (non-hydrogen) atoms. The predicted molar refractivity (Wildman–Crippen MR) is 150 cm³/mol. The highest BCUT2D eigenvalue weighted by atomic mass is 32.2. The Morgan fingerprint density at radius 1 is 0.947 bits per heavy atom. The van der Waals surface area contributed by atoms with Gasteiger partial charge in [-0.3, -0.25) is 9.69 Å². The second-order valence-electron chi connectivity index (χ2n) is 8.73. The van der Waals surface area contributed by atoms with E-state index in [4.69, 9.17) is 19.2 Å². The number of carbonyl (C=O) groups excluding carboxylic acids is 1. The van der Waals surface area contributed by atoms with Crippen LogP contribution < -0.4 is 9.64 Å². The van der Waals surface area contributed by atoms with Crippen molar-refractivity contribution in [2.75, 3.05) is 79.2 Å². The van der Waals surface area contributed by atoms with Gasteiger partial charge in [0.15, 0.2) is 5.13 Å². The van der Waals surface area contributed by atoms with Gasteiger partial charge in [0.25, 0.3) is 5.91 Å².